The average Bonchev–Trinajstić information content (AvgIpc) is 2.23. The summed E-state index contributed by atoms with van der Waals surface area (Å²) in [5, 5.41) is 3.45. The lowest BCUT2D eigenvalue weighted by atomic mass is 9.86. The van der Waals surface area contributed by atoms with E-state index in [-0.39, 0.29) is 5.75 Å². The van der Waals surface area contributed by atoms with E-state index in [2.05, 4.69) is 5.32 Å². The summed E-state index contributed by atoms with van der Waals surface area (Å²) in [4.78, 5) is 0. The van der Waals surface area contributed by atoms with Crippen LogP contribution in [0.3, 0.4) is 0 Å². The van der Waals surface area contributed by atoms with Gasteiger partial charge in [-0.05, 0) is 31.7 Å². The maximum absolute atomic E-state index is 11.0. The van der Waals surface area contributed by atoms with Crippen molar-refractivity contribution in [1.82, 2.24) is 5.32 Å². The van der Waals surface area contributed by atoms with Gasteiger partial charge in [-0.2, -0.15) is 0 Å². The largest absolute Gasteiger partial charge is 0.314 e. The Morgan fingerprint density at radius 2 is 2.00 bits per heavy atom. The molecule has 0 amide bonds. The zero-order valence-corrected chi connectivity index (χ0v) is 11.5. The molecule has 1 fully saturated rings. The van der Waals surface area contributed by atoms with Crippen LogP contribution in [-0.4, -0.2) is 38.9 Å². The third-order valence-corrected chi connectivity index (χ3v) is 4.63. The Kier molecular flexibility index (Phi) is 6.08. The summed E-state index contributed by atoms with van der Waals surface area (Å²) in [6.45, 7) is 0.783. The standard InChI is InChI=1S/C11H22ClNO2S/c1-16(14,15)8-4-7-13-11-6-3-2-5-10(11)9-12/h10-11,13H,2-9H2,1H3. The van der Waals surface area contributed by atoms with Crippen LogP contribution in [0, 0.1) is 5.92 Å². The fourth-order valence-corrected chi connectivity index (χ4v) is 3.32. The van der Waals surface area contributed by atoms with Crippen LogP contribution < -0.4 is 5.32 Å². The number of hydrogen-bond donors (Lipinski definition) is 1. The number of rotatable bonds is 6. The molecule has 5 heteroatoms. The first kappa shape index (κ1) is 14.3. The summed E-state index contributed by atoms with van der Waals surface area (Å²) in [6, 6.07) is 0.491. The second-order valence-corrected chi connectivity index (χ2v) is 7.31. The maximum atomic E-state index is 11.0. The summed E-state index contributed by atoms with van der Waals surface area (Å²) in [6.07, 6.45) is 6.90. The SMILES string of the molecule is CS(=O)(=O)CCCNC1CCCCC1CCl. The van der Waals surface area contributed by atoms with E-state index >= 15 is 0 Å². The molecule has 2 atom stereocenters. The summed E-state index contributed by atoms with van der Waals surface area (Å²) in [5.41, 5.74) is 0. The second kappa shape index (κ2) is 6.82. The molecule has 0 bridgehead atoms. The third kappa shape index (κ3) is 5.51. The number of nitrogens with one attached hydrogen (secondary N) is 1. The first-order valence-corrected chi connectivity index (χ1v) is 8.59. The number of sulfone groups is 1. The van der Waals surface area contributed by atoms with Gasteiger partial charge in [0.25, 0.3) is 0 Å². The van der Waals surface area contributed by atoms with Gasteiger partial charge >= 0.3 is 0 Å². The van der Waals surface area contributed by atoms with E-state index in [9.17, 15) is 8.42 Å². The van der Waals surface area contributed by atoms with Crippen molar-refractivity contribution >= 4 is 21.4 Å². The van der Waals surface area contributed by atoms with Crippen molar-refractivity contribution in [2.45, 2.75) is 38.1 Å². The summed E-state index contributed by atoms with van der Waals surface area (Å²) < 4.78 is 21.9. The smallest absolute Gasteiger partial charge is 0.147 e. The molecular weight excluding hydrogens is 246 g/mol. The van der Waals surface area contributed by atoms with E-state index < -0.39 is 9.84 Å². The summed E-state index contributed by atoms with van der Waals surface area (Å²) >= 11 is 5.92. The van der Waals surface area contributed by atoms with Gasteiger partial charge in [0.05, 0.1) is 5.75 Å². The van der Waals surface area contributed by atoms with E-state index in [1.165, 1.54) is 31.9 Å². The third-order valence-electron chi connectivity index (χ3n) is 3.21. The lowest BCUT2D eigenvalue weighted by Gasteiger charge is -2.31. The Labute approximate surface area is 104 Å². The first-order chi connectivity index (χ1) is 7.53. The Morgan fingerprint density at radius 1 is 1.31 bits per heavy atom. The minimum atomic E-state index is -2.81. The lowest BCUT2D eigenvalue weighted by molar-refractivity contribution is 0.284. The molecule has 0 aromatic heterocycles. The molecule has 1 rings (SSSR count). The van der Waals surface area contributed by atoms with Crippen LogP contribution in [-0.2, 0) is 9.84 Å². The highest BCUT2D eigenvalue weighted by Gasteiger charge is 2.23. The second-order valence-electron chi connectivity index (χ2n) is 4.74. The Hall–Kier alpha value is 0.200. The van der Waals surface area contributed by atoms with Gasteiger partial charge < -0.3 is 5.32 Å². The molecule has 1 N–H and O–H groups in total. The molecule has 0 radical (unpaired) electrons. The molecule has 0 saturated heterocycles. The molecule has 2 unspecified atom stereocenters. The number of alkyl halides is 1. The van der Waals surface area contributed by atoms with Gasteiger partial charge in [0.1, 0.15) is 9.84 Å². The van der Waals surface area contributed by atoms with Crippen molar-refractivity contribution in [3.63, 3.8) is 0 Å². The molecule has 0 spiro atoms. The van der Waals surface area contributed by atoms with E-state index in [0.717, 1.165) is 6.54 Å². The van der Waals surface area contributed by atoms with Gasteiger partial charge in [-0.3, -0.25) is 0 Å². The fourth-order valence-electron chi connectivity index (χ4n) is 2.28. The van der Waals surface area contributed by atoms with E-state index in [4.69, 9.17) is 11.6 Å². The minimum Gasteiger partial charge on any atom is -0.314 e. The number of hydrogen-bond acceptors (Lipinski definition) is 3. The van der Waals surface area contributed by atoms with E-state index in [1.807, 2.05) is 0 Å². The van der Waals surface area contributed by atoms with Gasteiger partial charge in [0.15, 0.2) is 0 Å². The van der Waals surface area contributed by atoms with E-state index in [0.29, 0.717) is 24.3 Å². The van der Waals surface area contributed by atoms with Crippen LogP contribution in [0.2, 0.25) is 0 Å². The monoisotopic (exact) mass is 267 g/mol. The Balaban J connectivity index is 2.20. The maximum Gasteiger partial charge on any atom is 0.147 e. The molecular formula is C11H22ClNO2S. The lowest BCUT2D eigenvalue weighted by Crippen LogP contribution is -2.40. The highest BCUT2D eigenvalue weighted by Crippen LogP contribution is 2.25. The van der Waals surface area contributed by atoms with Crippen molar-refractivity contribution in [2.75, 3.05) is 24.4 Å². The Bertz CT molecular complexity index is 292. The zero-order chi connectivity index (χ0) is 12.0. The van der Waals surface area contributed by atoms with Crippen molar-refractivity contribution in [3.8, 4) is 0 Å². The van der Waals surface area contributed by atoms with Gasteiger partial charge in [-0.15, -0.1) is 11.6 Å². The van der Waals surface area contributed by atoms with Gasteiger partial charge in [-0.25, -0.2) is 8.42 Å². The minimum absolute atomic E-state index is 0.276. The van der Waals surface area contributed by atoms with Gasteiger partial charge in [-0.1, -0.05) is 12.8 Å². The topological polar surface area (TPSA) is 46.2 Å². The van der Waals surface area contributed by atoms with Crippen molar-refractivity contribution in [1.29, 1.82) is 0 Å². The highest BCUT2D eigenvalue weighted by atomic mass is 35.5. The van der Waals surface area contributed by atoms with Crippen LogP contribution in [0.25, 0.3) is 0 Å². The molecule has 1 saturated carbocycles. The molecule has 0 heterocycles. The average molecular weight is 268 g/mol. The summed E-state index contributed by atoms with van der Waals surface area (Å²) in [5.74, 6) is 1.55. The molecule has 3 nitrogen and oxygen atoms in total. The normalized spacial score (nSPS) is 26.9. The van der Waals surface area contributed by atoms with Crippen LogP contribution in [0.1, 0.15) is 32.1 Å². The van der Waals surface area contributed by atoms with Crippen LogP contribution in [0.4, 0.5) is 0 Å². The van der Waals surface area contributed by atoms with Crippen LogP contribution in [0.5, 0.6) is 0 Å². The first-order valence-electron chi connectivity index (χ1n) is 6.00. The molecule has 1 aliphatic carbocycles. The van der Waals surface area contributed by atoms with Gasteiger partial charge in [0.2, 0.25) is 0 Å². The molecule has 16 heavy (non-hydrogen) atoms. The van der Waals surface area contributed by atoms with Crippen molar-refractivity contribution in [2.24, 2.45) is 5.92 Å². The van der Waals surface area contributed by atoms with Gasteiger partial charge in [0, 0.05) is 18.2 Å². The van der Waals surface area contributed by atoms with Crippen molar-refractivity contribution in [3.05, 3.63) is 0 Å². The molecule has 96 valence electrons. The molecule has 0 aliphatic heterocycles. The van der Waals surface area contributed by atoms with E-state index in [1.54, 1.807) is 0 Å². The van der Waals surface area contributed by atoms with Crippen LogP contribution in [0.15, 0.2) is 0 Å². The van der Waals surface area contributed by atoms with Crippen molar-refractivity contribution < 1.29 is 8.42 Å². The fraction of sp³-hybridized carbons (Fsp3) is 1.00. The molecule has 0 aromatic carbocycles. The van der Waals surface area contributed by atoms with Crippen LogP contribution >= 0.6 is 11.6 Å². The highest BCUT2D eigenvalue weighted by molar-refractivity contribution is 7.90. The predicted molar refractivity (Wildman–Crippen MR) is 68.8 cm³/mol. The summed E-state index contributed by atoms with van der Waals surface area (Å²) in [7, 11) is -2.81. The predicted octanol–water partition coefficient (Wildman–Crippen LogP) is 1.81. The molecule has 0 aromatic rings. The quantitative estimate of drug-likeness (QED) is 0.590. The Morgan fingerprint density at radius 3 is 2.62 bits per heavy atom. The zero-order valence-electron chi connectivity index (χ0n) is 9.91. The molecule has 1 aliphatic rings. The number of halogens is 1.